The molecule has 3 N–H and O–H groups in total. The lowest BCUT2D eigenvalue weighted by Crippen LogP contribution is -2.34. The summed E-state index contributed by atoms with van der Waals surface area (Å²) in [6, 6.07) is 6.86. The first kappa shape index (κ1) is 19.2. The fourth-order valence-corrected chi connectivity index (χ4v) is 2.03. The number of amides is 2. The Morgan fingerprint density at radius 1 is 1.17 bits per heavy atom. The molecule has 0 aromatic heterocycles. The Labute approximate surface area is 138 Å². The van der Waals surface area contributed by atoms with Gasteiger partial charge in [0.15, 0.2) is 0 Å². The lowest BCUT2D eigenvalue weighted by Gasteiger charge is -2.19. The maximum atomic E-state index is 12.3. The molecule has 1 atom stereocenters. The lowest BCUT2D eigenvalue weighted by atomic mass is 9.95. The minimum absolute atomic E-state index is 0.155. The van der Waals surface area contributed by atoms with Crippen molar-refractivity contribution in [1.29, 1.82) is 0 Å². The molecule has 0 aliphatic carbocycles. The molecule has 1 aromatic rings. The molecule has 1 unspecified atom stereocenters. The van der Waals surface area contributed by atoms with Crippen molar-refractivity contribution in [3.63, 3.8) is 0 Å². The van der Waals surface area contributed by atoms with Gasteiger partial charge in [-0.2, -0.15) is 0 Å². The summed E-state index contributed by atoms with van der Waals surface area (Å²) in [7, 11) is 0. The van der Waals surface area contributed by atoms with Crippen molar-refractivity contribution in [2.24, 2.45) is 11.3 Å². The Morgan fingerprint density at radius 2 is 1.78 bits per heavy atom. The van der Waals surface area contributed by atoms with Gasteiger partial charge in [0.25, 0.3) is 5.91 Å². The van der Waals surface area contributed by atoms with Gasteiger partial charge in [0.05, 0.1) is 17.4 Å². The largest absolute Gasteiger partial charge is 0.391 e. The van der Waals surface area contributed by atoms with Crippen molar-refractivity contribution < 1.29 is 14.7 Å². The highest BCUT2D eigenvalue weighted by Crippen LogP contribution is 2.20. The topological polar surface area (TPSA) is 78.4 Å². The van der Waals surface area contributed by atoms with Crippen LogP contribution < -0.4 is 10.6 Å². The van der Waals surface area contributed by atoms with Gasteiger partial charge in [0.2, 0.25) is 5.91 Å². The van der Waals surface area contributed by atoms with E-state index in [1.54, 1.807) is 24.3 Å². The fourth-order valence-electron chi connectivity index (χ4n) is 2.03. The Bertz CT molecular complexity index is 547. The van der Waals surface area contributed by atoms with Gasteiger partial charge in [-0.15, -0.1) is 0 Å². The summed E-state index contributed by atoms with van der Waals surface area (Å²) in [5.41, 5.74) is 0.321. The maximum absolute atomic E-state index is 12.3. The van der Waals surface area contributed by atoms with E-state index < -0.39 is 11.5 Å². The number of hydrogen-bond acceptors (Lipinski definition) is 3. The van der Waals surface area contributed by atoms with Gasteiger partial charge in [-0.05, 0) is 24.5 Å². The Balaban J connectivity index is 2.76. The van der Waals surface area contributed by atoms with E-state index in [0.29, 0.717) is 23.6 Å². The number of rotatable bonds is 6. The predicted molar refractivity (Wildman–Crippen MR) is 92.3 cm³/mol. The second kappa shape index (κ2) is 8.11. The first-order valence-corrected chi connectivity index (χ1v) is 7.98. The van der Waals surface area contributed by atoms with E-state index in [4.69, 9.17) is 0 Å². The average molecular weight is 320 g/mol. The molecule has 0 bridgehead atoms. The zero-order chi connectivity index (χ0) is 17.6. The number of hydrogen-bond donors (Lipinski definition) is 3. The Hall–Kier alpha value is -1.88. The van der Waals surface area contributed by atoms with Crippen LogP contribution in [-0.4, -0.2) is 29.6 Å². The van der Waals surface area contributed by atoms with Gasteiger partial charge >= 0.3 is 0 Å². The highest BCUT2D eigenvalue weighted by molar-refractivity contribution is 6.04. The normalized spacial score (nSPS) is 12.8. The summed E-state index contributed by atoms with van der Waals surface area (Å²) >= 11 is 0. The molecular formula is C18H28N2O3. The number of aliphatic hydroxyl groups excluding tert-OH is 1. The molecule has 0 aliphatic rings. The van der Waals surface area contributed by atoms with Crippen LogP contribution >= 0.6 is 0 Å². The van der Waals surface area contributed by atoms with Crippen LogP contribution in [-0.2, 0) is 4.79 Å². The monoisotopic (exact) mass is 320 g/mol. The molecule has 1 aromatic carbocycles. The van der Waals surface area contributed by atoms with Crippen molar-refractivity contribution in [1.82, 2.24) is 5.32 Å². The molecule has 1 rings (SSSR count). The Kier molecular flexibility index (Phi) is 6.76. The number of benzene rings is 1. The number of carbonyl (C=O) groups excluding carboxylic acids is 2. The highest BCUT2D eigenvalue weighted by Gasteiger charge is 2.23. The second-order valence-corrected chi connectivity index (χ2v) is 7.24. The Morgan fingerprint density at radius 3 is 2.35 bits per heavy atom. The first-order chi connectivity index (χ1) is 10.6. The predicted octanol–water partition coefficient (Wildman–Crippen LogP) is 2.81. The van der Waals surface area contributed by atoms with Crippen molar-refractivity contribution in [2.75, 3.05) is 11.9 Å². The van der Waals surface area contributed by atoms with Crippen molar-refractivity contribution in [3.05, 3.63) is 29.8 Å². The van der Waals surface area contributed by atoms with E-state index in [2.05, 4.69) is 10.6 Å². The molecule has 5 heteroatoms. The van der Waals surface area contributed by atoms with Gasteiger partial charge in [0.1, 0.15) is 0 Å². The fraction of sp³-hybridized carbons (Fsp3) is 0.556. The van der Waals surface area contributed by atoms with Crippen LogP contribution in [0, 0.1) is 11.3 Å². The molecule has 0 heterocycles. The molecule has 0 radical (unpaired) electrons. The van der Waals surface area contributed by atoms with Crippen LogP contribution in [0.2, 0.25) is 0 Å². The lowest BCUT2D eigenvalue weighted by molar-refractivity contribution is -0.123. The van der Waals surface area contributed by atoms with Crippen molar-refractivity contribution >= 4 is 17.5 Å². The summed E-state index contributed by atoms with van der Waals surface area (Å²) in [5.74, 6) is -0.101. The summed E-state index contributed by atoms with van der Waals surface area (Å²) in [4.78, 5) is 24.4. The van der Waals surface area contributed by atoms with Crippen LogP contribution in [0.3, 0.4) is 0 Å². The van der Waals surface area contributed by atoms with Gasteiger partial charge in [-0.25, -0.2) is 0 Å². The van der Waals surface area contributed by atoms with Crippen LogP contribution in [0.25, 0.3) is 0 Å². The van der Waals surface area contributed by atoms with Gasteiger partial charge in [-0.3, -0.25) is 9.59 Å². The molecule has 0 saturated heterocycles. The molecule has 5 nitrogen and oxygen atoms in total. The SMILES string of the molecule is CC(C)CC(O)CNC(=O)c1ccccc1NC(=O)C(C)(C)C. The number of para-hydroxylation sites is 1. The minimum Gasteiger partial charge on any atom is -0.391 e. The zero-order valence-corrected chi connectivity index (χ0v) is 14.6. The number of aliphatic hydroxyl groups is 1. The maximum Gasteiger partial charge on any atom is 0.253 e. The highest BCUT2D eigenvalue weighted by atomic mass is 16.3. The third-order valence-corrected chi connectivity index (χ3v) is 3.34. The molecule has 128 valence electrons. The molecule has 0 spiro atoms. The van der Waals surface area contributed by atoms with Gasteiger partial charge in [0, 0.05) is 12.0 Å². The van der Waals surface area contributed by atoms with Gasteiger partial charge < -0.3 is 15.7 Å². The molecular weight excluding hydrogens is 292 g/mol. The van der Waals surface area contributed by atoms with Crippen LogP contribution in [0.1, 0.15) is 51.4 Å². The number of carbonyl (C=O) groups is 2. The molecule has 0 aliphatic heterocycles. The van der Waals surface area contributed by atoms with E-state index in [1.807, 2.05) is 34.6 Å². The standard InChI is InChI=1S/C18H28N2O3/c1-12(2)10-13(21)11-19-16(22)14-8-6-7-9-15(14)20-17(23)18(3,4)5/h6-9,12-13,21H,10-11H2,1-5H3,(H,19,22)(H,20,23). The second-order valence-electron chi connectivity index (χ2n) is 7.24. The molecule has 23 heavy (non-hydrogen) atoms. The van der Waals surface area contributed by atoms with E-state index in [1.165, 1.54) is 0 Å². The molecule has 0 fully saturated rings. The molecule has 2 amide bonds. The third-order valence-electron chi connectivity index (χ3n) is 3.34. The quantitative estimate of drug-likeness (QED) is 0.754. The van der Waals surface area contributed by atoms with Crippen molar-refractivity contribution in [2.45, 2.75) is 47.1 Å². The van der Waals surface area contributed by atoms with E-state index in [9.17, 15) is 14.7 Å². The first-order valence-electron chi connectivity index (χ1n) is 7.98. The third kappa shape index (κ3) is 6.40. The van der Waals surface area contributed by atoms with E-state index >= 15 is 0 Å². The van der Waals surface area contributed by atoms with Gasteiger partial charge in [-0.1, -0.05) is 46.8 Å². The van der Waals surface area contributed by atoms with Crippen LogP contribution in [0.5, 0.6) is 0 Å². The van der Waals surface area contributed by atoms with Crippen LogP contribution in [0.15, 0.2) is 24.3 Å². The van der Waals surface area contributed by atoms with Crippen molar-refractivity contribution in [3.8, 4) is 0 Å². The zero-order valence-electron chi connectivity index (χ0n) is 14.6. The summed E-state index contributed by atoms with van der Waals surface area (Å²) in [5, 5.41) is 15.4. The summed E-state index contributed by atoms with van der Waals surface area (Å²) in [6.45, 7) is 9.66. The smallest absolute Gasteiger partial charge is 0.253 e. The number of anilines is 1. The average Bonchev–Trinajstić information content (AvgIpc) is 2.43. The van der Waals surface area contributed by atoms with E-state index in [0.717, 1.165) is 0 Å². The minimum atomic E-state index is -0.574. The van der Waals surface area contributed by atoms with E-state index in [-0.39, 0.29) is 18.4 Å². The molecule has 0 saturated carbocycles. The summed E-state index contributed by atoms with van der Waals surface area (Å²) < 4.78 is 0. The van der Waals surface area contributed by atoms with Crippen LogP contribution in [0.4, 0.5) is 5.69 Å². The number of nitrogens with one attached hydrogen (secondary N) is 2. The summed E-state index contributed by atoms with van der Waals surface area (Å²) in [6.07, 6.45) is 0.0538.